The number of para-hydroxylation sites is 1. The summed E-state index contributed by atoms with van der Waals surface area (Å²) in [6.45, 7) is 2.14. The Kier molecular flexibility index (Phi) is 4.49. The van der Waals surface area contributed by atoms with Crippen molar-refractivity contribution in [2.45, 2.75) is 13.5 Å². The van der Waals surface area contributed by atoms with Crippen LogP contribution in [0.25, 0.3) is 0 Å². The van der Waals surface area contributed by atoms with Crippen LogP contribution in [0.15, 0.2) is 36.4 Å². The Hall–Kier alpha value is -2.47. The number of aryl methyl sites for hydroxylation is 1. The predicted octanol–water partition coefficient (Wildman–Crippen LogP) is 3.55. The molecule has 6 heteroatoms. The summed E-state index contributed by atoms with van der Waals surface area (Å²) in [4.78, 5) is 10.6. The fourth-order valence-electron chi connectivity index (χ4n) is 2.01. The molecule has 0 aromatic heterocycles. The maximum absolute atomic E-state index is 14.0. The van der Waals surface area contributed by atoms with Gasteiger partial charge in [0.1, 0.15) is 0 Å². The highest BCUT2D eigenvalue weighted by Gasteiger charge is 2.19. The molecule has 1 N–H and O–H groups in total. The number of rotatable bonds is 5. The SMILES string of the molecule is CNCc1ccc(Oc2cccc(C)c2[N+](=O)[O-])c(F)c1. The van der Waals surface area contributed by atoms with E-state index >= 15 is 0 Å². The Morgan fingerprint density at radius 2 is 2.05 bits per heavy atom. The van der Waals surface area contributed by atoms with Crippen LogP contribution in [-0.2, 0) is 6.54 Å². The molecule has 21 heavy (non-hydrogen) atoms. The number of halogens is 1. The van der Waals surface area contributed by atoms with Crippen molar-refractivity contribution in [2.75, 3.05) is 7.05 Å². The van der Waals surface area contributed by atoms with E-state index < -0.39 is 10.7 Å². The average Bonchev–Trinajstić information content (AvgIpc) is 2.42. The van der Waals surface area contributed by atoms with Gasteiger partial charge < -0.3 is 10.1 Å². The molecule has 0 aliphatic rings. The van der Waals surface area contributed by atoms with Crippen LogP contribution in [0.4, 0.5) is 10.1 Å². The molecule has 110 valence electrons. The van der Waals surface area contributed by atoms with Crippen molar-refractivity contribution in [3.05, 3.63) is 63.5 Å². The van der Waals surface area contributed by atoms with Gasteiger partial charge in [-0.15, -0.1) is 0 Å². The number of nitro benzene ring substituents is 1. The van der Waals surface area contributed by atoms with Gasteiger partial charge >= 0.3 is 5.69 Å². The van der Waals surface area contributed by atoms with E-state index in [1.54, 1.807) is 32.2 Å². The molecular weight excluding hydrogens is 275 g/mol. The lowest BCUT2D eigenvalue weighted by molar-refractivity contribution is -0.386. The predicted molar refractivity (Wildman–Crippen MR) is 77.1 cm³/mol. The van der Waals surface area contributed by atoms with Crippen LogP contribution < -0.4 is 10.1 Å². The highest BCUT2D eigenvalue weighted by molar-refractivity contribution is 5.53. The summed E-state index contributed by atoms with van der Waals surface area (Å²) >= 11 is 0. The molecule has 2 rings (SSSR count). The van der Waals surface area contributed by atoms with Gasteiger partial charge in [0.2, 0.25) is 5.75 Å². The summed E-state index contributed by atoms with van der Waals surface area (Å²) in [6.07, 6.45) is 0. The van der Waals surface area contributed by atoms with E-state index in [-0.39, 0.29) is 17.2 Å². The normalized spacial score (nSPS) is 10.4. The number of nitrogens with zero attached hydrogens (tertiary/aromatic N) is 1. The number of hydrogen-bond donors (Lipinski definition) is 1. The molecule has 0 aliphatic carbocycles. The Morgan fingerprint density at radius 1 is 1.29 bits per heavy atom. The van der Waals surface area contributed by atoms with Crippen molar-refractivity contribution < 1.29 is 14.1 Å². The minimum absolute atomic E-state index is 0.0280. The molecule has 0 unspecified atom stereocenters. The van der Waals surface area contributed by atoms with Crippen molar-refractivity contribution in [3.8, 4) is 11.5 Å². The van der Waals surface area contributed by atoms with Gasteiger partial charge in [0.15, 0.2) is 11.6 Å². The molecule has 0 heterocycles. The number of nitro groups is 1. The maximum Gasteiger partial charge on any atom is 0.314 e. The zero-order chi connectivity index (χ0) is 15.4. The van der Waals surface area contributed by atoms with E-state index in [4.69, 9.17) is 4.74 Å². The second-order valence-electron chi connectivity index (χ2n) is 4.58. The van der Waals surface area contributed by atoms with Gasteiger partial charge in [0.05, 0.1) is 4.92 Å². The Balaban J connectivity index is 2.35. The van der Waals surface area contributed by atoms with Gasteiger partial charge in [-0.2, -0.15) is 0 Å². The molecule has 2 aromatic rings. The topological polar surface area (TPSA) is 64.4 Å². The van der Waals surface area contributed by atoms with Gasteiger partial charge in [-0.05, 0) is 37.7 Å². The van der Waals surface area contributed by atoms with Crippen LogP contribution in [0.2, 0.25) is 0 Å². The second-order valence-corrected chi connectivity index (χ2v) is 4.58. The molecule has 0 spiro atoms. The number of nitrogens with one attached hydrogen (secondary N) is 1. The van der Waals surface area contributed by atoms with Crippen LogP contribution in [0.1, 0.15) is 11.1 Å². The summed E-state index contributed by atoms with van der Waals surface area (Å²) in [6, 6.07) is 9.20. The van der Waals surface area contributed by atoms with Crippen molar-refractivity contribution in [2.24, 2.45) is 0 Å². The van der Waals surface area contributed by atoms with Gasteiger partial charge in [-0.25, -0.2) is 4.39 Å². The van der Waals surface area contributed by atoms with Gasteiger partial charge in [-0.1, -0.05) is 18.2 Å². The van der Waals surface area contributed by atoms with Crippen molar-refractivity contribution in [1.29, 1.82) is 0 Å². The Bertz CT molecular complexity index is 674. The molecule has 0 atom stereocenters. The molecule has 2 aromatic carbocycles. The molecule has 0 bridgehead atoms. The molecule has 5 nitrogen and oxygen atoms in total. The average molecular weight is 290 g/mol. The fraction of sp³-hybridized carbons (Fsp3) is 0.200. The maximum atomic E-state index is 14.0. The highest BCUT2D eigenvalue weighted by atomic mass is 19.1. The molecule has 0 fully saturated rings. The first kappa shape index (κ1) is 14.9. The number of hydrogen-bond acceptors (Lipinski definition) is 4. The smallest absolute Gasteiger partial charge is 0.314 e. The summed E-state index contributed by atoms with van der Waals surface area (Å²) in [5, 5.41) is 14.0. The zero-order valence-electron chi connectivity index (χ0n) is 11.7. The highest BCUT2D eigenvalue weighted by Crippen LogP contribution is 2.34. The second kappa shape index (κ2) is 6.32. The van der Waals surface area contributed by atoms with Gasteiger partial charge in [-0.3, -0.25) is 10.1 Å². The van der Waals surface area contributed by atoms with Crippen LogP contribution >= 0.6 is 0 Å². The Morgan fingerprint density at radius 3 is 2.67 bits per heavy atom. The first-order valence-electron chi connectivity index (χ1n) is 6.38. The standard InChI is InChI=1S/C15H15FN2O3/c1-10-4-3-5-14(15(10)18(19)20)21-13-7-6-11(9-17-2)8-12(13)16/h3-8,17H,9H2,1-2H3. The molecule has 0 aliphatic heterocycles. The van der Waals surface area contributed by atoms with Crippen LogP contribution in [0, 0.1) is 22.9 Å². The summed E-state index contributed by atoms with van der Waals surface area (Å²) < 4.78 is 19.3. The molecule has 0 radical (unpaired) electrons. The Labute approximate surface area is 121 Å². The summed E-state index contributed by atoms with van der Waals surface area (Å²) in [7, 11) is 1.76. The third-order valence-corrected chi connectivity index (χ3v) is 2.98. The largest absolute Gasteiger partial charge is 0.447 e. The zero-order valence-corrected chi connectivity index (χ0v) is 11.7. The lowest BCUT2D eigenvalue weighted by Crippen LogP contribution is -2.05. The van der Waals surface area contributed by atoms with E-state index in [9.17, 15) is 14.5 Å². The number of benzene rings is 2. The van der Waals surface area contributed by atoms with E-state index in [0.29, 0.717) is 12.1 Å². The first-order valence-corrected chi connectivity index (χ1v) is 6.38. The third kappa shape index (κ3) is 3.35. The molecule has 0 saturated carbocycles. The molecular formula is C15H15FN2O3. The van der Waals surface area contributed by atoms with E-state index in [1.165, 1.54) is 18.2 Å². The lowest BCUT2D eigenvalue weighted by atomic mass is 10.2. The lowest BCUT2D eigenvalue weighted by Gasteiger charge is -2.09. The quantitative estimate of drug-likeness (QED) is 0.675. The van der Waals surface area contributed by atoms with Crippen molar-refractivity contribution >= 4 is 5.69 Å². The van der Waals surface area contributed by atoms with E-state index in [2.05, 4.69) is 5.32 Å². The fourth-order valence-corrected chi connectivity index (χ4v) is 2.01. The van der Waals surface area contributed by atoms with Gasteiger partial charge in [0, 0.05) is 12.1 Å². The van der Waals surface area contributed by atoms with Crippen LogP contribution in [0.5, 0.6) is 11.5 Å². The minimum Gasteiger partial charge on any atom is -0.447 e. The third-order valence-electron chi connectivity index (χ3n) is 2.98. The van der Waals surface area contributed by atoms with Crippen molar-refractivity contribution in [3.63, 3.8) is 0 Å². The van der Waals surface area contributed by atoms with Crippen LogP contribution in [0.3, 0.4) is 0 Å². The monoisotopic (exact) mass is 290 g/mol. The minimum atomic E-state index is -0.557. The van der Waals surface area contributed by atoms with Gasteiger partial charge in [0.25, 0.3) is 0 Å². The van der Waals surface area contributed by atoms with Crippen LogP contribution in [-0.4, -0.2) is 12.0 Å². The first-order chi connectivity index (χ1) is 10.0. The summed E-state index contributed by atoms with van der Waals surface area (Å²) in [5.74, 6) is -0.567. The van der Waals surface area contributed by atoms with E-state index in [1.807, 2.05) is 0 Å². The summed E-state index contributed by atoms with van der Waals surface area (Å²) in [5.41, 5.74) is 1.07. The van der Waals surface area contributed by atoms with Crippen molar-refractivity contribution in [1.82, 2.24) is 5.32 Å². The molecule has 0 saturated heterocycles. The molecule has 0 amide bonds. The number of ether oxygens (including phenoxy) is 1. The van der Waals surface area contributed by atoms with E-state index in [0.717, 1.165) is 5.56 Å².